The molecule has 94 valence electrons. The van der Waals surface area contributed by atoms with Crippen LogP contribution in [0.3, 0.4) is 0 Å². The van der Waals surface area contributed by atoms with Crippen LogP contribution in [0.2, 0.25) is 0 Å². The highest BCUT2D eigenvalue weighted by Gasteiger charge is 2.25. The van der Waals surface area contributed by atoms with E-state index in [0.717, 1.165) is 12.8 Å². The van der Waals surface area contributed by atoms with E-state index in [-0.39, 0.29) is 5.91 Å². The number of H-pyrrole nitrogens is 1. The van der Waals surface area contributed by atoms with E-state index in [1.54, 1.807) is 12.3 Å². The van der Waals surface area contributed by atoms with E-state index in [1.165, 1.54) is 6.42 Å². The molecule has 0 aliphatic heterocycles. The molecular weight excluding hydrogens is 214 g/mol. The zero-order valence-corrected chi connectivity index (χ0v) is 10.5. The van der Waals surface area contributed by atoms with Crippen LogP contribution in [0.1, 0.15) is 43.6 Å². The van der Waals surface area contributed by atoms with Crippen LogP contribution in [-0.2, 0) is 0 Å². The molecule has 1 heterocycles. The number of carbonyl (C=O) groups excluding carboxylic acids is 1. The van der Waals surface area contributed by atoms with Crippen molar-refractivity contribution in [1.82, 2.24) is 10.3 Å². The molecule has 4 nitrogen and oxygen atoms in total. The van der Waals surface area contributed by atoms with Gasteiger partial charge in [0.15, 0.2) is 0 Å². The molecule has 1 aromatic rings. The summed E-state index contributed by atoms with van der Waals surface area (Å²) in [6.07, 6.45) is 5.06. The van der Waals surface area contributed by atoms with Gasteiger partial charge in [-0.1, -0.05) is 13.8 Å². The van der Waals surface area contributed by atoms with Crippen molar-refractivity contribution >= 4 is 11.6 Å². The summed E-state index contributed by atoms with van der Waals surface area (Å²) in [4.78, 5) is 14.8. The lowest BCUT2D eigenvalue weighted by molar-refractivity contribution is 0.0907. The molecule has 1 aliphatic carbocycles. The molecule has 1 aromatic heterocycles. The number of rotatable bonds is 2. The summed E-state index contributed by atoms with van der Waals surface area (Å²) in [6.45, 7) is 4.50. The van der Waals surface area contributed by atoms with E-state index in [1.807, 2.05) is 0 Å². The smallest absolute Gasteiger partial charge is 0.267 e. The van der Waals surface area contributed by atoms with Crippen LogP contribution in [0.15, 0.2) is 12.3 Å². The van der Waals surface area contributed by atoms with Gasteiger partial charge < -0.3 is 16.0 Å². The fourth-order valence-corrected chi connectivity index (χ4v) is 2.87. The fraction of sp³-hybridized carbons (Fsp3) is 0.615. The number of hydrogen-bond donors (Lipinski definition) is 3. The van der Waals surface area contributed by atoms with Gasteiger partial charge >= 0.3 is 0 Å². The Hall–Kier alpha value is -1.45. The Morgan fingerprint density at radius 2 is 2.00 bits per heavy atom. The Morgan fingerprint density at radius 1 is 1.35 bits per heavy atom. The highest BCUT2D eigenvalue weighted by atomic mass is 16.1. The molecule has 4 N–H and O–H groups in total. The molecule has 2 unspecified atom stereocenters. The minimum atomic E-state index is -0.0481. The Bertz CT molecular complexity index is 389. The first-order valence-electron chi connectivity index (χ1n) is 6.29. The molecule has 2 rings (SSSR count). The van der Waals surface area contributed by atoms with Crippen LogP contribution in [0.5, 0.6) is 0 Å². The first-order chi connectivity index (χ1) is 8.04. The van der Waals surface area contributed by atoms with Crippen LogP contribution in [0, 0.1) is 11.8 Å². The van der Waals surface area contributed by atoms with Crippen molar-refractivity contribution < 1.29 is 4.79 Å². The highest BCUT2D eigenvalue weighted by molar-refractivity contribution is 5.93. The van der Waals surface area contributed by atoms with Gasteiger partial charge in [0.05, 0.1) is 0 Å². The van der Waals surface area contributed by atoms with Crippen molar-refractivity contribution in [2.24, 2.45) is 11.8 Å². The predicted octanol–water partition coefficient (Wildman–Crippen LogP) is 2.15. The van der Waals surface area contributed by atoms with E-state index in [0.29, 0.717) is 29.3 Å². The first kappa shape index (κ1) is 12.0. The number of nitrogens with two attached hydrogens (primary N) is 1. The molecule has 1 aliphatic rings. The van der Waals surface area contributed by atoms with Crippen molar-refractivity contribution in [2.45, 2.75) is 39.2 Å². The van der Waals surface area contributed by atoms with Crippen LogP contribution in [-0.4, -0.2) is 16.9 Å². The van der Waals surface area contributed by atoms with Gasteiger partial charge in [0.25, 0.3) is 5.91 Å². The minimum absolute atomic E-state index is 0.0481. The van der Waals surface area contributed by atoms with Crippen molar-refractivity contribution in [3.05, 3.63) is 18.0 Å². The topological polar surface area (TPSA) is 70.9 Å². The first-order valence-corrected chi connectivity index (χ1v) is 6.29. The molecule has 17 heavy (non-hydrogen) atoms. The average Bonchev–Trinajstić information content (AvgIpc) is 2.63. The van der Waals surface area contributed by atoms with Gasteiger partial charge in [0, 0.05) is 17.9 Å². The van der Waals surface area contributed by atoms with Gasteiger partial charge in [-0.15, -0.1) is 0 Å². The van der Waals surface area contributed by atoms with E-state index in [9.17, 15) is 4.79 Å². The molecule has 1 amide bonds. The third-order valence-electron chi connectivity index (χ3n) is 3.46. The Balaban J connectivity index is 1.94. The fourth-order valence-electron chi connectivity index (χ4n) is 2.87. The van der Waals surface area contributed by atoms with Gasteiger partial charge in [-0.3, -0.25) is 4.79 Å². The summed E-state index contributed by atoms with van der Waals surface area (Å²) in [5.74, 6) is 1.34. The van der Waals surface area contributed by atoms with Crippen LogP contribution in [0.25, 0.3) is 0 Å². The lowest BCUT2D eigenvalue weighted by Crippen LogP contribution is -2.40. The number of carbonyl (C=O) groups is 1. The summed E-state index contributed by atoms with van der Waals surface area (Å²) in [7, 11) is 0. The monoisotopic (exact) mass is 235 g/mol. The molecule has 0 spiro atoms. The number of aromatic amines is 1. The molecule has 1 saturated carbocycles. The molecule has 0 saturated heterocycles. The van der Waals surface area contributed by atoms with Crippen molar-refractivity contribution in [3.63, 3.8) is 0 Å². The third-order valence-corrected chi connectivity index (χ3v) is 3.46. The second-order valence-corrected chi connectivity index (χ2v) is 5.43. The number of nitrogen functional groups attached to an aromatic ring is 1. The quantitative estimate of drug-likeness (QED) is 0.735. The van der Waals surface area contributed by atoms with E-state index in [4.69, 9.17) is 5.73 Å². The predicted molar refractivity (Wildman–Crippen MR) is 68.6 cm³/mol. The Kier molecular flexibility index (Phi) is 3.41. The highest BCUT2D eigenvalue weighted by Crippen LogP contribution is 2.28. The maximum absolute atomic E-state index is 11.9. The van der Waals surface area contributed by atoms with Gasteiger partial charge in [0.1, 0.15) is 5.69 Å². The lowest BCUT2D eigenvalue weighted by atomic mass is 9.80. The molecule has 0 aromatic carbocycles. The van der Waals surface area contributed by atoms with Crippen molar-refractivity contribution in [2.75, 3.05) is 5.73 Å². The number of hydrogen-bond acceptors (Lipinski definition) is 2. The van der Waals surface area contributed by atoms with E-state index in [2.05, 4.69) is 24.1 Å². The SMILES string of the molecule is CC1CC(C)CC(NC(=O)c2cc(N)c[nH]2)C1. The largest absolute Gasteiger partial charge is 0.397 e. The number of nitrogens with one attached hydrogen (secondary N) is 2. The standard InChI is InChI=1S/C13H21N3O/c1-8-3-9(2)5-11(4-8)16-13(17)12-6-10(14)7-15-12/h6-9,11,15H,3-5,14H2,1-2H3,(H,16,17). The molecule has 0 bridgehead atoms. The zero-order valence-electron chi connectivity index (χ0n) is 10.5. The van der Waals surface area contributed by atoms with Crippen LogP contribution in [0.4, 0.5) is 5.69 Å². The molecule has 2 atom stereocenters. The van der Waals surface area contributed by atoms with E-state index < -0.39 is 0 Å². The molecule has 4 heteroatoms. The third kappa shape index (κ3) is 3.02. The Labute approximate surface area is 102 Å². The van der Waals surface area contributed by atoms with Crippen LogP contribution < -0.4 is 11.1 Å². The second kappa shape index (κ2) is 4.82. The second-order valence-electron chi connectivity index (χ2n) is 5.43. The summed E-state index contributed by atoms with van der Waals surface area (Å²) >= 11 is 0. The van der Waals surface area contributed by atoms with Gasteiger partial charge in [-0.2, -0.15) is 0 Å². The minimum Gasteiger partial charge on any atom is -0.397 e. The maximum Gasteiger partial charge on any atom is 0.267 e. The Morgan fingerprint density at radius 3 is 2.53 bits per heavy atom. The van der Waals surface area contributed by atoms with Crippen molar-refractivity contribution in [3.8, 4) is 0 Å². The van der Waals surface area contributed by atoms with Gasteiger partial charge in [-0.05, 0) is 37.2 Å². The molecule has 0 radical (unpaired) electrons. The molecular formula is C13H21N3O. The van der Waals surface area contributed by atoms with Crippen molar-refractivity contribution in [1.29, 1.82) is 0 Å². The summed E-state index contributed by atoms with van der Waals surface area (Å²) in [5, 5.41) is 3.08. The zero-order chi connectivity index (χ0) is 12.4. The number of anilines is 1. The maximum atomic E-state index is 11.9. The summed E-state index contributed by atoms with van der Waals surface area (Å²) in [6, 6.07) is 1.97. The number of amides is 1. The lowest BCUT2D eigenvalue weighted by Gasteiger charge is -2.31. The summed E-state index contributed by atoms with van der Waals surface area (Å²) < 4.78 is 0. The number of aromatic nitrogens is 1. The summed E-state index contributed by atoms with van der Waals surface area (Å²) in [5.41, 5.74) is 6.73. The van der Waals surface area contributed by atoms with E-state index >= 15 is 0 Å². The van der Waals surface area contributed by atoms with Crippen LogP contribution >= 0.6 is 0 Å². The molecule has 1 fully saturated rings. The average molecular weight is 235 g/mol. The van der Waals surface area contributed by atoms with Gasteiger partial charge in [-0.25, -0.2) is 0 Å². The van der Waals surface area contributed by atoms with Gasteiger partial charge in [0.2, 0.25) is 0 Å². The normalized spacial score (nSPS) is 28.9.